The summed E-state index contributed by atoms with van der Waals surface area (Å²) in [6.07, 6.45) is -2.60. The zero-order valence-corrected chi connectivity index (χ0v) is 13.0. The highest BCUT2D eigenvalue weighted by Crippen LogP contribution is 2.33. The molecule has 0 bridgehead atoms. The van der Waals surface area contributed by atoms with Crippen molar-refractivity contribution >= 4 is 46.4 Å². The average Bonchev–Trinajstić information content (AvgIpc) is 2.33. The molecule has 1 aromatic rings. The maximum atomic E-state index is 12.3. The van der Waals surface area contributed by atoms with Crippen molar-refractivity contribution in [2.75, 3.05) is 31.6 Å². The van der Waals surface area contributed by atoms with Gasteiger partial charge in [0.15, 0.2) is 0 Å². The molecular formula is C12H13Cl3F2N2O2. The van der Waals surface area contributed by atoms with Crippen LogP contribution in [-0.4, -0.2) is 48.6 Å². The first-order valence-corrected chi connectivity index (χ1v) is 7.02. The molecule has 0 spiro atoms. The van der Waals surface area contributed by atoms with Crippen molar-refractivity contribution in [1.29, 1.82) is 0 Å². The molecule has 0 aliphatic heterocycles. The van der Waals surface area contributed by atoms with E-state index in [1.165, 1.54) is 12.1 Å². The van der Waals surface area contributed by atoms with Gasteiger partial charge >= 0.3 is 0 Å². The fourth-order valence-corrected chi connectivity index (χ4v) is 2.53. The number of halogens is 5. The zero-order chi connectivity index (χ0) is 16.0. The number of amides is 1. The highest BCUT2D eigenvalue weighted by molar-refractivity contribution is 6.42. The number of nitrogens with zero attached hydrogens (tertiary/aromatic N) is 1. The Bertz CT molecular complexity index is 480. The minimum Gasteiger partial charge on any atom is -0.395 e. The van der Waals surface area contributed by atoms with E-state index in [4.69, 9.17) is 39.9 Å². The molecule has 1 amide bonds. The number of aliphatic hydroxyl groups excluding tert-OH is 1. The molecule has 0 unspecified atom stereocenters. The quantitative estimate of drug-likeness (QED) is 0.784. The second-order valence-electron chi connectivity index (χ2n) is 4.14. The van der Waals surface area contributed by atoms with Gasteiger partial charge in [0.05, 0.1) is 35.4 Å². The minimum atomic E-state index is -2.60. The molecule has 0 atom stereocenters. The number of aliphatic hydroxyl groups is 1. The summed E-state index contributed by atoms with van der Waals surface area (Å²) >= 11 is 17.5. The molecule has 0 aliphatic carbocycles. The summed E-state index contributed by atoms with van der Waals surface area (Å²) in [6.45, 7) is -1.31. The van der Waals surface area contributed by atoms with E-state index in [9.17, 15) is 13.6 Å². The summed E-state index contributed by atoms with van der Waals surface area (Å²) in [5.41, 5.74) is 0.161. The van der Waals surface area contributed by atoms with Crippen LogP contribution in [0.25, 0.3) is 0 Å². The largest absolute Gasteiger partial charge is 0.395 e. The van der Waals surface area contributed by atoms with E-state index in [2.05, 4.69) is 5.32 Å². The van der Waals surface area contributed by atoms with Crippen molar-refractivity contribution in [3.8, 4) is 0 Å². The van der Waals surface area contributed by atoms with Crippen molar-refractivity contribution < 1.29 is 18.7 Å². The van der Waals surface area contributed by atoms with E-state index in [0.717, 1.165) is 4.90 Å². The number of benzene rings is 1. The molecule has 1 rings (SSSR count). The lowest BCUT2D eigenvalue weighted by atomic mass is 10.3. The SMILES string of the molecule is O=C(CN(CCO)CC(F)F)Nc1c(Cl)cc(Cl)cc1Cl. The highest BCUT2D eigenvalue weighted by atomic mass is 35.5. The minimum absolute atomic E-state index is 0.0418. The van der Waals surface area contributed by atoms with Gasteiger partial charge in [0.25, 0.3) is 6.43 Å². The number of anilines is 1. The van der Waals surface area contributed by atoms with Gasteiger partial charge in [0.2, 0.25) is 5.91 Å². The molecule has 4 nitrogen and oxygen atoms in total. The number of carbonyl (C=O) groups is 1. The lowest BCUT2D eigenvalue weighted by Crippen LogP contribution is -2.38. The summed E-state index contributed by atoms with van der Waals surface area (Å²) < 4.78 is 24.7. The average molecular weight is 362 g/mol. The molecule has 2 N–H and O–H groups in total. The summed E-state index contributed by atoms with van der Waals surface area (Å²) in [4.78, 5) is 13.0. The lowest BCUT2D eigenvalue weighted by Gasteiger charge is -2.20. The molecule has 118 valence electrons. The van der Waals surface area contributed by atoms with Crippen LogP contribution in [0.3, 0.4) is 0 Å². The van der Waals surface area contributed by atoms with Gasteiger partial charge in [-0.1, -0.05) is 34.8 Å². The lowest BCUT2D eigenvalue weighted by molar-refractivity contribution is -0.117. The monoisotopic (exact) mass is 360 g/mol. The van der Waals surface area contributed by atoms with Crippen molar-refractivity contribution in [3.05, 3.63) is 27.2 Å². The number of alkyl halides is 2. The fourth-order valence-electron chi connectivity index (χ4n) is 1.62. The normalized spacial score (nSPS) is 11.2. The molecule has 1 aromatic carbocycles. The molecule has 0 saturated heterocycles. The van der Waals surface area contributed by atoms with E-state index in [-0.39, 0.29) is 35.4 Å². The van der Waals surface area contributed by atoms with Crippen LogP contribution >= 0.6 is 34.8 Å². The van der Waals surface area contributed by atoms with Gasteiger partial charge in [-0.3, -0.25) is 9.69 Å². The predicted octanol–water partition coefficient (Wildman–Crippen LogP) is 3.14. The van der Waals surface area contributed by atoms with E-state index in [1.807, 2.05) is 0 Å². The number of nitrogens with one attached hydrogen (secondary N) is 1. The van der Waals surface area contributed by atoms with Gasteiger partial charge < -0.3 is 10.4 Å². The van der Waals surface area contributed by atoms with Gasteiger partial charge in [-0.15, -0.1) is 0 Å². The Morgan fingerprint density at radius 1 is 1.29 bits per heavy atom. The third-order valence-electron chi connectivity index (χ3n) is 2.45. The van der Waals surface area contributed by atoms with Crippen molar-refractivity contribution in [2.24, 2.45) is 0 Å². The summed E-state index contributed by atoms with van der Waals surface area (Å²) in [7, 11) is 0. The number of rotatable bonds is 7. The first-order valence-electron chi connectivity index (χ1n) is 5.89. The Balaban J connectivity index is 2.72. The summed E-state index contributed by atoms with van der Waals surface area (Å²) in [5, 5.41) is 11.8. The third kappa shape index (κ3) is 6.32. The Morgan fingerprint density at radius 3 is 2.33 bits per heavy atom. The van der Waals surface area contributed by atoms with Crippen LogP contribution in [0.5, 0.6) is 0 Å². The molecule has 0 aliphatic rings. The molecule has 0 heterocycles. The maximum absolute atomic E-state index is 12.3. The molecule has 0 radical (unpaired) electrons. The van der Waals surface area contributed by atoms with E-state index in [1.54, 1.807) is 0 Å². The van der Waals surface area contributed by atoms with Crippen molar-refractivity contribution in [2.45, 2.75) is 6.43 Å². The Kier molecular flexibility index (Phi) is 7.62. The second-order valence-corrected chi connectivity index (χ2v) is 5.39. The summed E-state index contributed by atoms with van der Waals surface area (Å²) in [6, 6.07) is 2.80. The topological polar surface area (TPSA) is 52.6 Å². The molecule has 0 aromatic heterocycles. The molecular weight excluding hydrogens is 348 g/mol. The standard InChI is InChI=1S/C12H13Cl3F2N2O2/c13-7-3-8(14)12(9(15)4-7)18-11(21)6-19(1-2-20)5-10(16)17/h3-4,10,20H,1-2,5-6H2,(H,18,21). The van der Waals surface area contributed by atoms with Crippen LogP contribution in [0.15, 0.2) is 12.1 Å². The smallest absolute Gasteiger partial charge is 0.251 e. The van der Waals surface area contributed by atoms with Crippen molar-refractivity contribution in [3.63, 3.8) is 0 Å². The number of carbonyl (C=O) groups excluding carboxylic acids is 1. The van der Waals surface area contributed by atoms with Gasteiger partial charge in [-0.05, 0) is 12.1 Å². The second kappa shape index (κ2) is 8.70. The maximum Gasteiger partial charge on any atom is 0.251 e. The number of hydrogen-bond donors (Lipinski definition) is 2. The van der Waals surface area contributed by atoms with E-state index >= 15 is 0 Å². The Morgan fingerprint density at radius 2 is 1.86 bits per heavy atom. The fraction of sp³-hybridized carbons (Fsp3) is 0.417. The van der Waals surface area contributed by atoms with E-state index < -0.39 is 18.9 Å². The highest BCUT2D eigenvalue weighted by Gasteiger charge is 2.17. The first kappa shape index (κ1) is 18.4. The predicted molar refractivity (Wildman–Crippen MR) is 79.6 cm³/mol. The third-order valence-corrected chi connectivity index (χ3v) is 3.27. The first-order chi connectivity index (χ1) is 9.83. The Hall–Kier alpha value is -0.660. The van der Waals surface area contributed by atoms with Crippen LogP contribution in [-0.2, 0) is 4.79 Å². The molecule has 0 saturated carbocycles. The van der Waals surface area contributed by atoms with Crippen LogP contribution in [0.2, 0.25) is 15.1 Å². The van der Waals surface area contributed by atoms with Gasteiger partial charge in [-0.2, -0.15) is 0 Å². The Labute approximate surface area is 135 Å². The van der Waals surface area contributed by atoms with Gasteiger partial charge in [-0.25, -0.2) is 8.78 Å². The van der Waals surface area contributed by atoms with Crippen LogP contribution in [0, 0.1) is 0 Å². The van der Waals surface area contributed by atoms with Crippen LogP contribution in [0.1, 0.15) is 0 Å². The van der Waals surface area contributed by atoms with E-state index in [0.29, 0.717) is 5.02 Å². The number of hydrogen-bond acceptors (Lipinski definition) is 3. The van der Waals surface area contributed by atoms with Crippen LogP contribution in [0.4, 0.5) is 14.5 Å². The van der Waals surface area contributed by atoms with Gasteiger partial charge in [0.1, 0.15) is 0 Å². The van der Waals surface area contributed by atoms with Crippen molar-refractivity contribution in [1.82, 2.24) is 4.90 Å². The van der Waals surface area contributed by atoms with Crippen LogP contribution < -0.4 is 5.32 Å². The zero-order valence-electron chi connectivity index (χ0n) is 10.8. The molecule has 21 heavy (non-hydrogen) atoms. The molecule has 0 fully saturated rings. The van der Waals surface area contributed by atoms with Gasteiger partial charge in [0, 0.05) is 11.6 Å². The summed E-state index contributed by atoms with van der Waals surface area (Å²) in [5.74, 6) is -0.574. The molecule has 9 heteroatoms.